The molecule has 2 rings (SSSR count). The maximum Gasteiger partial charge on any atom is 0.227 e. The predicted octanol–water partition coefficient (Wildman–Crippen LogP) is 3.54. The zero-order valence-corrected chi connectivity index (χ0v) is 14.6. The Morgan fingerprint density at radius 3 is 2.57 bits per heavy atom. The van der Waals surface area contributed by atoms with Crippen LogP contribution in [0.2, 0.25) is 0 Å². The van der Waals surface area contributed by atoms with Crippen LogP contribution in [0.3, 0.4) is 0 Å². The summed E-state index contributed by atoms with van der Waals surface area (Å²) in [7, 11) is 0. The summed E-state index contributed by atoms with van der Waals surface area (Å²) in [5.41, 5.74) is 0.684. The summed E-state index contributed by atoms with van der Waals surface area (Å²) in [4.78, 5) is 13.5. The molecular weight excluding hydrogens is 306 g/mol. The molecule has 0 saturated heterocycles. The molecule has 0 bridgehead atoms. The molecule has 4 heteroatoms. The van der Waals surface area contributed by atoms with Crippen LogP contribution in [-0.4, -0.2) is 23.8 Å². The van der Waals surface area contributed by atoms with Gasteiger partial charge in [0.05, 0.1) is 12.5 Å². The average Bonchev–Trinajstić information content (AvgIpc) is 2.60. The number of hydrogen-bond acceptors (Lipinski definition) is 3. The van der Waals surface area contributed by atoms with E-state index in [0.29, 0.717) is 0 Å². The van der Waals surface area contributed by atoms with E-state index in [2.05, 4.69) is 5.32 Å². The monoisotopic (exact) mass is 329 g/mol. The van der Waals surface area contributed by atoms with Crippen LogP contribution < -0.4 is 5.32 Å². The van der Waals surface area contributed by atoms with Gasteiger partial charge in [-0.2, -0.15) is 0 Å². The second kappa shape index (κ2) is 7.66. The zero-order chi connectivity index (χ0) is 16.9. The Bertz CT molecular complexity index is 655. The number of amides is 1. The van der Waals surface area contributed by atoms with Gasteiger partial charge in [-0.15, -0.1) is 11.8 Å². The molecule has 0 aromatic heterocycles. The molecular formula is C19H23NO2S. The predicted molar refractivity (Wildman–Crippen MR) is 95.7 cm³/mol. The molecule has 2 aromatic carbocycles. The van der Waals surface area contributed by atoms with Crippen LogP contribution in [0, 0.1) is 0 Å². The lowest BCUT2D eigenvalue weighted by atomic mass is 9.95. The van der Waals surface area contributed by atoms with Crippen LogP contribution in [0.1, 0.15) is 30.9 Å². The van der Waals surface area contributed by atoms with Crippen molar-refractivity contribution < 1.29 is 9.90 Å². The van der Waals surface area contributed by atoms with Gasteiger partial charge in [-0.3, -0.25) is 4.79 Å². The van der Waals surface area contributed by atoms with Crippen LogP contribution >= 0.6 is 11.8 Å². The summed E-state index contributed by atoms with van der Waals surface area (Å²) in [6.07, 6.45) is 2.01. The van der Waals surface area contributed by atoms with Crippen molar-refractivity contribution in [3.63, 3.8) is 0 Å². The van der Waals surface area contributed by atoms with Gasteiger partial charge >= 0.3 is 0 Å². The molecule has 0 aliphatic carbocycles. The summed E-state index contributed by atoms with van der Waals surface area (Å²) in [6, 6.07) is 17.4. The second-order valence-electron chi connectivity index (χ2n) is 5.86. The van der Waals surface area contributed by atoms with E-state index < -0.39 is 5.60 Å². The smallest absolute Gasteiger partial charge is 0.227 e. The molecule has 0 saturated carbocycles. The minimum atomic E-state index is -1.09. The first kappa shape index (κ1) is 17.6. The topological polar surface area (TPSA) is 49.3 Å². The van der Waals surface area contributed by atoms with E-state index in [0.717, 1.165) is 16.0 Å². The fourth-order valence-electron chi connectivity index (χ4n) is 2.37. The fourth-order valence-corrected chi connectivity index (χ4v) is 2.84. The van der Waals surface area contributed by atoms with Gasteiger partial charge in [0.15, 0.2) is 0 Å². The first-order valence-corrected chi connectivity index (χ1v) is 8.86. The SMILES string of the molecule is CSc1cccc(C(C)C(=O)NCC(C)(O)c2ccccc2)c1. The number of carbonyl (C=O) groups excluding carboxylic acids is 1. The summed E-state index contributed by atoms with van der Waals surface area (Å²) < 4.78 is 0. The minimum absolute atomic E-state index is 0.0838. The molecule has 0 fully saturated rings. The van der Waals surface area contributed by atoms with Crippen molar-refractivity contribution in [3.8, 4) is 0 Å². The molecule has 2 atom stereocenters. The van der Waals surface area contributed by atoms with Crippen molar-refractivity contribution >= 4 is 17.7 Å². The van der Waals surface area contributed by atoms with Crippen molar-refractivity contribution in [2.75, 3.05) is 12.8 Å². The molecule has 2 aromatic rings. The normalized spacial score (nSPS) is 14.8. The van der Waals surface area contributed by atoms with Gasteiger partial charge in [-0.05, 0) is 43.4 Å². The van der Waals surface area contributed by atoms with Gasteiger partial charge in [-0.25, -0.2) is 0 Å². The van der Waals surface area contributed by atoms with E-state index in [1.807, 2.05) is 67.8 Å². The van der Waals surface area contributed by atoms with Crippen LogP contribution in [0.4, 0.5) is 0 Å². The second-order valence-corrected chi connectivity index (χ2v) is 6.74. The van der Waals surface area contributed by atoms with Crippen LogP contribution in [-0.2, 0) is 10.4 Å². The molecule has 0 aliphatic heterocycles. The third kappa shape index (κ3) is 4.60. The molecule has 0 spiro atoms. The summed E-state index contributed by atoms with van der Waals surface area (Å²) in [6.45, 7) is 3.77. The van der Waals surface area contributed by atoms with E-state index in [1.54, 1.807) is 18.7 Å². The number of rotatable bonds is 6. The molecule has 2 unspecified atom stereocenters. The molecule has 0 radical (unpaired) electrons. The van der Waals surface area contributed by atoms with Gasteiger partial charge in [0.2, 0.25) is 5.91 Å². The molecule has 2 N–H and O–H groups in total. The van der Waals surface area contributed by atoms with Crippen molar-refractivity contribution in [1.29, 1.82) is 0 Å². The highest BCUT2D eigenvalue weighted by Crippen LogP contribution is 2.23. The molecule has 23 heavy (non-hydrogen) atoms. The third-order valence-electron chi connectivity index (χ3n) is 3.99. The Hall–Kier alpha value is -1.78. The number of thioether (sulfide) groups is 1. The van der Waals surface area contributed by atoms with Gasteiger partial charge < -0.3 is 10.4 Å². The zero-order valence-electron chi connectivity index (χ0n) is 13.7. The molecule has 122 valence electrons. The number of aliphatic hydroxyl groups is 1. The molecule has 0 heterocycles. The quantitative estimate of drug-likeness (QED) is 0.797. The van der Waals surface area contributed by atoms with Crippen LogP contribution in [0.5, 0.6) is 0 Å². The van der Waals surface area contributed by atoms with E-state index >= 15 is 0 Å². The number of benzene rings is 2. The summed E-state index contributed by atoms with van der Waals surface area (Å²) in [5.74, 6) is -0.340. The van der Waals surface area contributed by atoms with Gasteiger partial charge in [0.25, 0.3) is 0 Å². The van der Waals surface area contributed by atoms with Crippen LogP contribution in [0.25, 0.3) is 0 Å². The van der Waals surface area contributed by atoms with Crippen molar-refractivity contribution in [1.82, 2.24) is 5.32 Å². The van der Waals surface area contributed by atoms with Gasteiger partial charge in [0, 0.05) is 4.90 Å². The highest BCUT2D eigenvalue weighted by atomic mass is 32.2. The first-order valence-electron chi connectivity index (χ1n) is 7.63. The standard InChI is InChI=1S/C19H23NO2S/c1-14(15-8-7-11-17(12-15)23-3)18(21)20-13-19(2,22)16-9-5-4-6-10-16/h4-12,14,22H,13H2,1-3H3,(H,20,21). The largest absolute Gasteiger partial charge is 0.384 e. The van der Waals surface area contributed by atoms with Gasteiger partial charge in [-0.1, -0.05) is 42.5 Å². The highest BCUT2D eigenvalue weighted by molar-refractivity contribution is 7.98. The minimum Gasteiger partial charge on any atom is -0.384 e. The molecule has 0 aliphatic rings. The Labute approximate surface area is 142 Å². The lowest BCUT2D eigenvalue weighted by Crippen LogP contribution is -2.40. The Balaban J connectivity index is 2.01. The Morgan fingerprint density at radius 2 is 1.91 bits per heavy atom. The Kier molecular flexibility index (Phi) is 5.85. The highest BCUT2D eigenvalue weighted by Gasteiger charge is 2.25. The average molecular weight is 329 g/mol. The van der Waals surface area contributed by atoms with Crippen molar-refractivity contribution in [2.24, 2.45) is 0 Å². The van der Waals surface area contributed by atoms with E-state index in [4.69, 9.17) is 0 Å². The number of hydrogen-bond donors (Lipinski definition) is 2. The Morgan fingerprint density at radius 1 is 1.22 bits per heavy atom. The summed E-state index contributed by atoms with van der Waals surface area (Å²) in [5, 5.41) is 13.4. The van der Waals surface area contributed by atoms with E-state index in [1.165, 1.54) is 0 Å². The van der Waals surface area contributed by atoms with Crippen LogP contribution in [0.15, 0.2) is 59.5 Å². The first-order chi connectivity index (χ1) is 10.9. The maximum atomic E-state index is 12.4. The number of nitrogens with one attached hydrogen (secondary N) is 1. The lowest BCUT2D eigenvalue weighted by molar-refractivity contribution is -0.123. The van der Waals surface area contributed by atoms with E-state index in [-0.39, 0.29) is 18.4 Å². The number of carbonyl (C=O) groups is 1. The van der Waals surface area contributed by atoms with Gasteiger partial charge in [0.1, 0.15) is 5.60 Å². The van der Waals surface area contributed by atoms with E-state index in [9.17, 15) is 9.90 Å². The molecule has 3 nitrogen and oxygen atoms in total. The summed E-state index contributed by atoms with van der Waals surface area (Å²) >= 11 is 1.66. The van der Waals surface area contributed by atoms with Crippen molar-refractivity contribution in [3.05, 3.63) is 65.7 Å². The van der Waals surface area contributed by atoms with Crippen molar-refractivity contribution in [2.45, 2.75) is 30.3 Å². The third-order valence-corrected chi connectivity index (χ3v) is 4.71. The lowest BCUT2D eigenvalue weighted by Gasteiger charge is -2.25. The maximum absolute atomic E-state index is 12.4. The molecule has 1 amide bonds. The fraction of sp³-hybridized carbons (Fsp3) is 0.316.